The summed E-state index contributed by atoms with van der Waals surface area (Å²) >= 11 is 3.33. The van der Waals surface area contributed by atoms with Crippen molar-refractivity contribution in [2.45, 2.75) is 13.3 Å². The highest BCUT2D eigenvalue weighted by Gasteiger charge is 2.09. The highest BCUT2D eigenvalue weighted by molar-refractivity contribution is 9.10. The van der Waals surface area contributed by atoms with E-state index in [2.05, 4.69) is 38.2 Å². The summed E-state index contributed by atoms with van der Waals surface area (Å²) in [4.78, 5) is 8.00. The van der Waals surface area contributed by atoms with Gasteiger partial charge in [0.05, 0.1) is 6.61 Å². The zero-order chi connectivity index (χ0) is 14.4. The summed E-state index contributed by atoms with van der Waals surface area (Å²) in [5.41, 5.74) is 2.46. The topological polar surface area (TPSA) is 82.3 Å². The second-order valence-corrected chi connectivity index (χ2v) is 4.70. The van der Waals surface area contributed by atoms with Crippen LogP contribution in [0.25, 0.3) is 0 Å². The van der Waals surface area contributed by atoms with Gasteiger partial charge in [0.1, 0.15) is 22.3 Å². The summed E-state index contributed by atoms with van der Waals surface area (Å²) < 4.78 is 11.7. The minimum absolute atomic E-state index is 0.384. The fraction of sp³-hybridized carbons (Fsp3) is 0.231. The van der Waals surface area contributed by atoms with Gasteiger partial charge in [-0.15, -0.1) is 0 Å². The largest absolute Gasteiger partial charge is 0.494 e. The third-order valence-corrected chi connectivity index (χ3v) is 3.12. The van der Waals surface area contributed by atoms with Gasteiger partial charge in [0.25, 0.3) is 0 Å². The van der Waals surface area contributed by atoms with Gasteiger partial charge in [0, 0.05) is 0 Å². The Morgan fingerprint density at radius 2 is 1.90 bits per heavy atom. The zero-order valence-electron chi connectivity index (χ0n) is 11.0. The quantitative estimate of drug-likeness (QED) is 0.622. The van der Waals surface area contributed by atoms with Crippen molar-refractivity contribution in [3.63, 3.8) is 0 Å². The van der Waals surface area contributed by atoms with E-state index in [9.17, 15) is 0 Å². The van der Waals surface area contributed by atoms with Crippen molar-refractivity contribution in [3.05, 3.63) is 35.1 Å². The number of hydrazine groups is 1. The predicted octanol–water partition coefficient (Wildman–Crippen LogP) is 3.11. The van der Waals surface area contributed by atoms with Crippen molar-refractivity contribution in [1.29, 1.82) is 0 Å². The van der Waals surface area contributed by atoms with Crippen molar-refractivity contribution in [2.24, 2.45) is 5.84 Å². The summed E-state index contributed by atoms with van der Waals surface area (Å²) in [5, 5.41) is 0. The molecule has 2 rings (SSSR count). The van der Waals surface area contributed by atoms with Crippen molar-refractivity contribution >= 4 is 21.7 Å². The van der Waals surface area contributed by atoms with Gasteiger partial charge in [-0.1, -0.05) is 6.92 Å². The van der Waals surface area contributed by atoms with E-state index in [1.54, 1.807) is 0 Å². The van der Waals surface area contributed by atoms with Crippen molar-refractivity contribution in [3.8, 4) is 17.4 Å². The first-order valence-electron chi connectivity index (χ1n) is 6.12. The number of ether oxygens (including phenoxy) is 2. The molecule has 2 aromatic rings. The van der Waals surface area contributed by atoms with Gasteiger partial charge in [0.2, 0.25) is 5.88 Å². The summed E-state index contributed by atoms with van der Waals surface area (Å²) in [7, 11) is 0. The molecule has 1 heterocycles. The van der Waals surface area contributed by atoms with Crippen LogP contribution in [0.5, 0.6) is 17.4 Å². The van der Waals surface area contributed by atoms with Crippen LogP contribution in [0.2, 0.25) is 0 Å². The highest BCUT2D eigenvalue weighted by atomic mass is 79.9. The Labute approximate surface area is 125 Å². The van der Waals surface area contributed by atoms with E-state index in [0.717, 1.165) is 12.2 Å². The normalized spacial score (nSPS) is 10.2. The lowest BCUT2D eigenvalue weighted by atomic mass is 10.3. The maximum atomic E-state index is 5.66. The minimum atomic E-state index is 0.384. The molecule has 20 heavy (non-hydrogen) atoms. The number of nitrogens with two attached hydrogens (primary N) is 1. The summed E-state index contributed by atoms with van der Waals surface area (Å²) in [5.74, 6) is 7.64. The number of hydrogen-bond donors (Lipinski definition) is 2. The molecular weight excluding hydrogens is 324 g/mol. The lowest BCUT2D eigenvalue weighted by Gasteiger charge is -2.09. The van der Waals surface area contributed by atoms with Gasteiger partial charge >= 0.3 is 0 Å². The highest BCUT2D eigenvalue weighted by Crippen LogP contribution is 2.31. The van der Waals surface area contributed by atoms with E-state index < -0.39 is 0 Å². The molecular formula is C13H15BrN4O2. The number of nitrogens with one attached hydrogen (secondary N) is 1. The molecule has 0 saturated heterocycles. The molecule has 6 nitrogen and oxygen atoms in total. The van der Waals surface area contributed by atoms with Crippen LogP contribution in [0, 0.1) is 0 Å². The van der Waals surface area contributed by atoms with Crippen molar-refractivity contribution in [2.75, 3.05) is 12.0 Å². The molecule has 0 unspecified atom stereocenters. The van der Waals surface area contributed by atoms with Gasteiger partial charge in [-0.05, 0) is 46.6 Å². The van der Waals surface area contributed by atoms with Gasteiger partial charge < -0.3 is 14.9 Å². The number of nitrogen functional groups attached to an aromatic ring is 1. The number of aromatic nitrogens is 2. The smallest absolute Gasteiger partial charge is 0.238 e. The van der Waals surface area contributed by atoms with Crippen LogP contribution in [0.3, 0.4) is 0 Å². The molecule has 0 fully saturated rings. The predicted molar refractivity (Wildman–Crippen MR) is 79.8 cm³/mol. The molecule has 0 aliphatic rings. The lowest BCUT2D eigenvalue weighted by molar-refractivity contribution is 0.317. The van der Waals surface area contributed by atoms with Gasteiger partial charge in [-0.3, -0.25) is 0 Å². The Hall–Kier alpha value is -1.86. The van der Waals surface area contributed by atoms with Gasteiger partial charge in [-0.2, -0.15) is 0 Å². The van der Waals surface area contributed by atoms with Crippen LogP contribution in [-0.4, -0.2) is 16.6 Å². The zero-order valence-corrected chi connectivity index (χ0v) is 12.6. The Bertz CT molecular complexity index is 563. The van der Waals surface area contributed by atoms with E-state index >= 15 is 0 Å². The maximum Gasteiger partial charge on any atom is 0.238 e. The van der Waals surface area contributed by atoms with Crippen LogP contribution in [0.4, 0.5) is 5.82 Å². The van der Waals surface area contributed by atoms with E-state index in [1.807, 2.05) is 24.3 Å². The van der Waals surface area contributed by atoms with Crippen LogP contribution >= 0.6 is 15.9 Å². The average Bonchev–Trinajstić information content (AvgIpc) is 2.48. The first-order valence-corrected chi connectivity index (χ1v) is 6.91. The van der Waals surface area contributed by atoms with E-state index in [-0.39, 0.29) is 0 Å². The summed E-state index contributed by atoms with van der Waals surface area (Å²) in [6, 6.07) is 7.33. The van der Waals surface area contributed by atoms with E-state index in [0.29, 0.717) is 28.5 Å². The van der Waals surface area contributed by atoms with E-state index in [4.69, 9.17) is 15.3 Å². The molecule has 0 amide bonds. The maximum absolute atomic E-state index is 5.66. The molecule has 0 saturated carbocycles. The fourth-order valence-corrected chi connectivity index (χ4v) is 1.86. The molecule has 106 valence electrons. The first-order chi connectivity index (χ1) is 9.74. The second kappa shape index (κ2) is 7.06. The Kier molecular flexibility index (Phi) is 5.14. The van der Waals surface area contributed by atoms with Crippen molar-refractivity contribution in [1.82, 2.24) is 9.97 Å². The first kappa shape index (κ1) is 14.5. The number of hydrogen-bond acceptors (Lipinski definition) is 6. The second-order valence-electron chi connectivity index (χ2n) is 3.91. The van der Waals surface area contributed by atoms with Gasteiger partial charge in [-0.25, -0.2) is 15.8 Å². The molecule has 0 aliphatic heterocycles. The molecule has 0 spiro atoms. The van der Waals surface area contributed by atoms with Crippen LogP contribution in [-0.2, 0) is 0 Å². The number of anilines is 1. The molecule has 0 atom stereocenters. The third-order valence-electron chi connectivity index (χ3n) is 2.41. The van der Waals surface area contributed by atoms with E-state index in [1.165, 1.54) is 6.33 Å². The average molecular weight is 339 g/mol. The van der Waals surface area contributed by atoms with Crippen LogP contribution in [0.15, 0.2) is 35.1 Å². The summed E-state index contributed by atoms with van der Waals surface area (Å²) in [6.07, 6.45) is 2.34. The van der Waals surface area contributed by atoms with Gasteiger partial charge in [0.15, 0.2) is 5.82 Å². The Balaban J connectivity index is 2.10. The lowest BCUT2D eigenvalue weighted by Crippen LogP contribution is -2.09. The Morgan fingerprint density at radius 1 is 1.20 bits per heavy atom. The molecule has 1 aromatic heterocycles. The molecule has 1 aromatic carbocycles. The molecule has 0 radical (unpaired) electrons. The monoisotopic (exact) mass is 338 g/mol. The Morgan fingerprint density at radius 3 is 2.55 bits per heavy atom. The summed E-state index contributed by atoms with van der Waals surface area (Å²) in [6.45, 7) is 2.76. The standard InChI is InChI=1S/C13H15BrN4O2/c1-2-7-19-9-3-5-10(6-4-9)20-13-11(14)12(18-15)16-8-17-13/h3-6,8H,2,7,15H2,1H3,(H,16,17,18). The van der Waals surface area contributed by atoms with Crippen LogP contribution in [0.1, 0.15) is 13.3 Å². The fourth-order valence-electron chi connectivity index (χ4n) is 1.46. The molecule has 0 bridgehead atoms. The number of nitrogens with zero attached hydrogens (tertiary/aromatic N) is 2. The number of halogens is 1. The number of rotatable bonds is 6. The molecule has 7 heteroatoms. The van der Waals surface area contributed by atoms with Crippen molar-refractivity contribution < 1.29 is 9.47 Å². The van der Waals surface area contributed by atoms with Crippen LogP contribution < -0.4 is 20.7 Å². The molecule has 0 aliphatic carbocycles. The molecule has 3 N–H and O–H groups in total. The SMILES string of the molecule is CCCOc1ccc(Oc2ncnc(NN)c2Br)cc1. The third kappa shape index (κ3) is 3.58. The minimum Gasteiger partial charge on any atom is -0.494 e. The number of benzene rings is 1.